The summed E-state index contributed by atoms with van der Waals surface area (Å²) in [5, 5.41) is 9.08. The molecule has 2 rings (SSSR count). The zero-order valence-electron chi connectivity index (χ0n) is 18.3. The first-order valence-corrected chi connectivity index (χ1v) is 10.8. The lowest BCUT2D eigenvalue weighted by Gasteiger charge is -2.36. The smallest absolute Gasteiger partial charge is 0.335 e. The summed E-state index contributed by atoms with van der Waals surface area (Å²) in [7, 11) is 0. The molecule has 0 radical (unpaired) electrons. The standard InChI is InChI=1S/C23H37FN2O3/c1-23(2,3)9-12-26-15-13-25(14-16-26)11-4-5-17-29-21-7-6-20(22(27)28)18-19(21)8-10-24/h6-7,18H,4-5,8-17H2,1-3H3,(H,27,28). The van der Waals surface area contributed by atoms with E-state index in [0.717, 1.165) is 45.6 Å². The quantitative estimate of drug-likeness (QED) is 0.559. The number of nitrogens with zero attached hydrogens (tertiary/aromatic N) is 2. The van der Waals surface area contributed by atoms with E-state index in [2.05, 4.69) is 30.6 Å². The SMILES string of the molecule is CC(C)(C)CCN1CCN(CCCCOc2ccc(C(=O)O)cc2CCF)CC1. The molecular weight excluding hydrogens is 371 g/mol. The molecule has 1 aliphatic rings. The third-order valence-corrected chi connectivity index (χ3v) is 5.44. The van der Waals surface area contributed by atoms with Crippen molar-refractivity contribution in [3.8, 4) is 5.75 Å². The Balaban J connectivity index is 1.65. The molecule has 0 bridgehead atoms. The second-order valence-electron chi connectivity index (χ2n) is 9.12. The van der Waals surface area contributed by atoms with Crippen LogP contribution in [0.1, 0.15) is 56.0 Å². The predicted molar refractivity (Wildman–Crippen MR) is 115 cm³/mol. The molecule has 1 saturated heterocycles. The summed E-state index contributed by atoms with van der Waals surface area (Å²) in [6.45, 7) is 13.7. The molecule has 0 aromatic heterocycles. The lowest BCUT2D eigenvalue weighted by molar-refractivity contribution is 0.0696. The Bertz CT molecular complexity index is 638. The van der Waals surface area contributed by atoms with Crippen molar-refractivity contribution < 1.29 is 19.0 Å². The van der Waals surface area contributed by atoms with Crippen LogP contribution in [-0.2, 0) is 6.42 Å². The van der Waals surface area contributed by atoms with E-state index >= 15 is 0 Å². The molecule has 0 spiro atoms. The topological polar surface area (TPSA) is 53.0 Å². The van der Waals surface area contributed by atoms with E-state index in [1.165, 1.54) is 25.1 Å². The van der Waals surface area contributed by atoms with Crippen molar-refractivity contribution in [1.82, 2.24) is 9.80 Å². The number of hydrogen-bond acceptors (Lipinski definition) is 4. The lowest BCUT2D eigenvalue weighted by atomic mass is 9.92. The predicted octanol–water partition coefficient (Wildman–Crippen LogP) is 4.11. The van der Waals surface area contributed by atoms with Gasteiger partial charge in [-0.05, 0) is 61.5 Å². The third-order valence-electron chi connectivity index (χ3n) is 5.44. The van der Waals surface area contributed by atoms with E-state index in [0.29, 0.717) is 23.3 Å². The zero-order chi connectivity index (χ0) is 21.3. The minimum atomic E-state index is -1.00. The summed E-state index contributed by atoms with van der Waals surface area (Å²) in [4.78, 5) is 16.2. The number of aromatic carboxylic acids is 1. The highest BCUT2D eigenvalue weighted by molar-refractivity contribution is 5.88. The molecule has 0 atom stereocenters. The number of benzene rings is 1. The van der Waals surface area contributed by atoms with Crippen molar-refractivity contribution in [3.05, 3.63) is 29.3 Å². The maximum Gasteiger partial charge on any atom is 0.335 e. The number of carbonyl (C=O) groups is 1. The number of hydrogen-bond donors (Lipinski definition) is 1. The van der Waals surface area contributed by atoms with Crippen molar-refractivity contribution in [2.45, 2.75) is 46.5 Å². The number of ether oxygens (including phenoxy) is 1. The van der Waals surface area contributed by atoms with Crippen LogP contribution in [0.2, 0.25) is 0 Å². The monoisotopic (exact) mass is 408 g/mol. The van der Waals surface area contributed by atoms with Gasteiger partial charge in [0.15, 0.2) is 0 Å². The Hall–Kier alpha value is -1.66. The fraction of sp³-hybridized carbons (Fsp3) is 0.696. The Labute approximate surface area is 174 Å². The number of unbranched alkanes of at least 4 members (excludes halogenated alkanes) is 1. The van der Waals surface area contributed by atoms with Crippen molar-refractivity contribution in [3.63, 3.8) is 0 Å². The maximum atomic E-state index is 12.8. The van der Waals surface area contributed by atoms with Crippen LogP contribution in [0.15, 0.2) is 18.2 Å². The minimum Gasteiger partial charge on any atom is -0.493 e. The fourth-order valence-electron chi connectivity index (χ4n) is 3.50. The van der Waals surface area contributed by atoms with E-state index in [1.54, 1.807) is 6.07 Å². The number of piperazine rings is 1. The summed E-state index contributed by atoms with van der Waals surface area (Å²) in [5.74, 6) is -0.407. The van der Waals surface area contributed by atoms with Crippen LogP contribution in [0.4, 0.5) is 4.39 Å². The van der Waals surface area contributed by atoms with Gasteiger partial charge < -0.3 is 19.6 Å². The molecule has 0 unspecified atom stereocenters. The highest BCUT2D eigenvalue weighted by Crippen LogP contribution is 2.22. The van der Waals surface area contributed by atoms with Gasteiger partial charge in [0.2, 0.25) is 0 Å². The fourth-order valence-corrected chi connectivity index (χ4v) is 3.50. The molecule has 5 nitrogen and oxygen atoms in total. The van der Waals surface area contributed by atoms with Crippen molar-refractivity contribution in [1.29, 1.82) is 0 Å². The van der Waals surface area contributed by atoms with Crippen LogP contribution in [0.25, 0.3) is 0 Å². The van der Waals surface area contributed by atoms with Crippen molar-refractivity contribution in [2.24, 2.45) is 5.41 Å². The molecule has 0 amide bonds. The van der Waals surface area contributed by atoms with E-state index in [-0.39, 0.29) is 12.0 Å². The van der Waals surface area contributed by atoms with Gasteiger partial charge in [0.1, 0.15) is 5.75 Å². The molecule has 0 aliphatic carbocycles. The average Bonchev–Trinajstić information content (AvgIpc) is 2.67. The summed E-state index contributed by atoms with van der Waals surface area (Å²) in [6.07, 6.45) is 3.41. The van der Waals surface area contributed by atoms with Gasteiger partial charge in [-0.15, -0.1) is 0 Å². The van der Waals surface area contributed by atoms with Crippen LogP contribution in [0.3, 0.4) is 0 Å². The van der Waals surface area contributed by atoms with Gasteiger partial charge in [-0.3, -0.25) is 4.39 Å². The Morgan fingerprint density at radius 3 is 2.34 bits per heavy atom. The van der Waals surface area contributed by atoms with E-state index in [1.807, 2.05) is 0 Å². The van der Waals surface area contributed by atoms with E-state index in [4.69, 9.17) is 9.84 Å². The van der Waals surface area contributed by atoms with E-state index < -0.39 is 12.6 Å². The molecule has 164 valence electrons. The lowest BCUT2D eigenvalue weighted by Crippen LogP contribution is -2.47. The summed E-state index contributed by atoms with van der Waals surface area (Å²) in [5.41, 5.74) is 1.19. The molecule has 1 aromatic rings. The van der Waals surface area contributed by atoms with Gasteiger partial charge in [0.25, 0.3) is 0 Å². The number of carboxylic acids is 1. The maximum absolute atomic E-state index is 12.8. The molecule has 1 heterocycles. The molecule has 29 heavy (non-hydrogen) atoms. The third kappa shape index (κ3) is 8.70. The number of aryl methyl sites for hydroxylation is 1. The van der Waals surface area contributed by atoms with Crippen LogP contribution >= 0.6 is 0 Å². The number of alkyl halides is 1. The Morgan fingerprint density at radius 2 is 1.76 bits per heavy atom. The van der Waals surface area contributed by atoms with Crippen molar-refractivity contribution >= 4 is 5.97 Å². The van der Waals surface area contributed by atoms with Gasteiger partial charge in [0, 0.05) is 32.6 Å². The van der Waals surface area contributed by atoms with Crippen LogP contribution in [0.5, 0.6) is 5.75 Å². The van der Waals surface area contributed by atoms with Gasteiger partial charge in [-0.2, -0.15) is 0 Å². The normalized spacial score (nSPS) is 16.1. The van der Waals surface area contributed by atoms with Crippen LogP contribution in [-0.4, -0.2) is 73.4 Å². The Morgan fingerprint density at radius 1 is 1.10 bits per heavy atom. The van der Waals surface area contributed by atoms with Crippen LogP contribution < -0.4 is 4.74 Å². The highest BCUT2D eigenvalue weighted by atomic mass is 19.1. The first kappa shape index (κ1) is 23.6. The first-order valence-electron chi connectivity index (χ1n) is 10.8. The first-order chi connectivity index (χ1) is 13.8. The van der Waals surface area contributed by atoms with Gasteiger partial charge in [-0.1, -0.05) is 20.8 Å². The highest BCUT2D eigenvalue weighted by Gasteiger charge is 2.18. The molecule has 1 fully saturated rings. The second-order valence-corrected chi connectivity index (χ2v) is 9.12. The largest absolute Gasteiger partial charge is 0.493 e. The average molecular weight is 409 g/mol. The zero-order valence-corrected chi connectivity index (χ0v) is 18.3. The van der Waals surface area contributed by atoms with E-state index in [9.17, 15) is 9.18 Å². The van der Waals surface area contributed by atoms with Gasteiger partial charge in [0.05, 0.1) is 18.8 Å². The molecule has 1 N–H and O–H groups in total. The van der Waals surface area contributed by atoms with Gasteiger partial charge >= 0.3 is 5.97 Å². The molecular formula is C23H37FN2O3. The molecule has 1 aliphatic heterocycles. The van der Waals surface area contributed by atoms with Crippen LogP contribution in [0, 0.1) is 5.41 Å². The number of carboxylic acid groups (broad SMARTS) is 1. The number of halogens is 1. The summed E-state index contributed by atoms with van der Waals surface area (Å²) >= 11 is 0. The minimum absolute atomic E-state index is 0.169. The molecule has 1 aromatic carbocycles. The second kappa shape index (κ2) is 11.5. The molecule has 0 saturated carbocycles. The summed E-state index contributed by atoms with van der Waals surface area (Å²) in [6, 6.07) is 4.67. The Kier molecular flexibility index (Phi) is 9.37. The summed E-state index contributed by atoms with van der Waals surface area (Å²) < 4.78 is 18.6. The van der Waals surface area contributed by atoms with Gasteiger partial charge in [-0.25, -0.2) is 4.79 Å². The molecule has 6 heteroatoms. The number of rotatable bonds is 11. The van der Waals surface area contributed by atoms with Crippen molar-refractivity contribution in [2.75, 3.05) is 52.6 Å².